The minimum absolute atomic E-state index is 0.00398. The topological polar surface area (TPSA) is 55.8 Å². The summed E-state index contributed by atoms with van der Waals surface area (Å²) in [6.45, 7) is 4.99. The maximum atomic E-state index is 11.6. The molecule has 0 N–H and O–H groups in total. The highest BCUT2D eigenvalue weighted by molar-refractivity contribution is 5.78. The van der Waals surface area contributed by atoms with Gasteiger partial charge in [0.15, 0.2) is 0 Å². The molecule has 0 bridgehead atoms. The third-order valence-corrected chi connectivity index (χ3v) is 1.48. The summed E-state index contributed by atoms with van der Waals surface area (Å²) >= 11 is 0. The Morgan fingerprint density at radius 3 is 2.31 bits per heavy atom. The number of hydrogen-bond acceptors (Lipinski definition) is 4. The Labute approximate surface area is 95.7 Å². The Bertz CT molecular complexity index is 298. The number of amides is 1. The molecule has 0 atom stereocenters. The van der Waals surface area contributed by atoms with E-state index in [1.807, 2.05) is 0 Å². The Balaban J connectivity index is 4.48. The van der Waals surface area contributed by atoms with Crippen LogP contribution in [0.4, 0.5) is 4.79 Å². The monoisotopic (exact) mass is 227 g/mol. The summed E-state index contributed by atoms with van der Waals surface area (Å²) in [4.78, 5) is 23.7. The van der Waals surface area contributed by atoms with Crippen molar-refractivity contribution in [3.63, 3.8) is 0 Å². The second kappa shape index (κ2) is 6.01. The SMILES string of the molecule is C#CCN(CC(=O)OC)C(=O)OC(C)(C)C. The van der Waals surface area contributed by atoms with Gasteiger partial charge in [-0.05, 0) is 20.8 Å². The van der Waals surface area contributed by atoms with E-state index in [1.165, 1.54) is 7.11 Å². The van der Waals surface area contributed by atoms with Gasteiger partial charge in [0.25, 0.3) is 0 Å². The molecule has 90 valence electrons. The van der Waals surface area contributed by atoms with E-state index >= 15 is 0 Å². The van der Waals surface area contributed by atoms with E-state index in [-0.39, 0.29) is 13.1 Å². The third kappa shape index (κ3) is 5.91. The highest BCUT2D eigenvalue weighted by Gasteiger charge is 2.23. The maximum Gasteiger partial charge on any atom is 0.411 e. The van der Waals surface area contributed by atoms with Crippen LogP contribution in [0.1, 0.15) is 20.8 Å². The maximum absolute atomic E-state index is 11.6. The van der Waals surface area contributed by atoms with Crippen molar-refractivity contribution in [3.8, 4) is 12.3 Å². The van der Waals surface area contributed by atoms with E-state index in [1.54, 1.807) is 20.8 Å². The van der Waals surface area contributed by atoms with Crippen LogP contribution >= 0.6 is 0 Å². The lowest BCUT2D eigenvalue weighted by molar-refractivity contribution is -0.141. The van der Waals surface area contributed by atoms with Crippen molar-refractivity contribution in [3.05, 3.63) is 0 Å². The predicted molar refractivity (Wildman–Crippen MR) is 58.7 cm³/mol. The first-order valence-electron chi connectivity index (χ1n) is 4.78. The molecular formula is C11H17NO4. The van der Waals surface area contributed by atoms with E-state index in [0.29, 0.717) is 0 Å². The first-order chi connectivity index (χ1) is 7.30. The molecule has 0 rings (SSSR count). The molecule has 0 aliphatic carbocycles. The molecule has 5 nitrogen and oxygen atoms in total. The number of carbonyl (C=O) groups is 2. The minimum Gasteiger partial charge on any atom is -0.468 e. The summed E-state index contributed by atoms with van der Waals surface area (Å²) in [5.41, 5.74) is -0.625. The van der Waals surface area contributed by atoms with Gasteiger partial charge >= 0.3 is 12.1 Å². The predicted octanol–water partition coefficient (Wildman–Crippen LogP) is 1.03. The molecule has 0 unspecified atom stereocenters. The number of rotatable bonds is 3. The number of ether oxygens (including phenoxy) is 2. The molecule has 0 aromatic heterocycles. The molecule has 1 amide bonds. The second-order valence-corrected chi connectivity index (χ2v) is 4.12. The quantitative estimate of drug-likeness (QED) is 0.533. The molecule has 0 radical (unpaired) electrons. The van der Waals surface area contributed by atoms with Gasteiger partial charge in [-0.3, -0.25) is 9.69 Å². The summed E-state index contributed by atoms with van der Waals surface area (Å²) < 4.78 is 9.53. The van der Waals surface area contributed by atoms with E-state index in [4.69, 9.17) is 11.2 Å². The van der Waals surface area contributed by atoms with Gasteiger partial charge in [-0.1, -0.05) is 5.92 Å². The van der Waals surface area contributed by atoms with Crippen LogP contribution in [0, 0.1) is 12.3 Å². The van der Waals surface area contributed by atoms with Crippen LogP contribution in [0.3, 0.4) is 0 Å². The van der Waals surface area contributed by atoms with Crippen LogP contribution < -0.4 is 0 Å². The summed E-state index contributed by atoms with van der Waals surface area (Å²) in [5, 5.41) is 0. The smallest absolute Gasteiger partial charge is 0.411 e. The van der Waals surface area contributed by atoms with Crippen LogP contribution in [-0.4, -0.2) is 42.8 Å². The summed E-state index contributed by atoms with van der Waals surface area (Å²) in [7, 11) is 1.24. The average molecular weight is 227 g/mol. The number of nitrogens with zero attached hydrogens (tertiary/aromatic N) is 1. The van der Waals surface area contributed by atoms with E-state index < -0.39 is 17.7 Å². The van der Waals surface area contributed by atoms with Gasteiger partial charge in [0, 0.05) is 0 Å². The zero-order valence-corrected chi connectivity index (χ0v) is 10.1. The molecular weight excluding hydrogens is 210 g/mol. The fourth-order valence-corrected chi connectivity index (χ4v) is 0.842. The summed E-state index contributed by atoms with van der Waals surface area (Å²) in [6.07, 6.45) is 4.47. The minimum atomic E-state index is -0.629. The Kier molecular flexibility index (Phi) is 5.37. The molecule has 0 aliphatic rings. The molecule has 0 aromatic carbocycles. The molecule has 0 saturated carbocycles. The highest BCUT2D eigenvalue weighted by atomic mass is 16.6. The van der Waals surface area contributed by atoms with Crippen LogP contribution in [0.5, 0.6) is 0 Å². The Morgan fingerprint density at radius 1 is 1.38 bits per heavy atom. The first kappa shape index (κ1) is 14.3. The number of carbonyl (C=O) groups excluding carboxylic acids is 2. The lowest BCUT2D eigenvalue weighted by Gasteiger charge is -2.25. The first-order valence-corrected chi connectivity index (χ1v) is 4.78. The van der Waals surface area contributed by atoms with E-state index in [0.717, 1.165) is 4.90 Å². The molecule has 0 saturated heterocycles. The van der Waals surface area contributed by atoms with Gasteiger partial charge in [-0.15, -0.1) is 6.42 Å². The van der Waals surface area contributed by atoms with Crippen LogP contribution in [0.2, 0.25) is 0 Å². The largest absolute Gasteiger partial charge is 0.468 e. The standard InChI is InChI=1S/C11H17NO4/c1-6-7-12(8-9(13)15-5)10(14)16-11(2,3)4/h1H,7-8H2,2-5H3. The molecule has 5 heteroatoms. The van der Waals surface area contributed by atoms with Gasteiger partial charge in [0.05, 0.1) is 13.7 Å². The lowest BCUT2D eigenvalue weighted by Crippen LogP contribution is -2.40. The molecule has 0 spiro atoms. The zero-order chi connectivity index (χ0) is 12.8. The van der Waals surface area contributed by atoms with Gasteiger partial charge in [0.2, 0.25) is 0 Å². The summed E-state index contributed by atoms with van der Waals surface area (Å²) in [5.74, 6) is 1.74. The zero-order valence-electron chi connectivity index (χ0n) is 10.1. The number of methoxy groups -OCH3 is 1. The third-order valence-electron chi connectivity index (χ3n) is 1.48. The van der Waals surface area contributed by atoms with Gasteiger partial charge in [-0.25, -0.2) is 4.79 Å². The van der Waals surface area contributed by atoms with Crippen LogP contribution in [-0.2, 0) is 14.3 Å². The van der Waals surface area contributed by atoms with Gasteiger partial charge in [-0.2, -0.15) is 0 Å². The van der Waals surface area contributed by atoms with E-state index in [2.05, 4.69) is 10.7 Å². The number of terminal acetylenes is 1. The Hall–Kier alpha value is -1.70. The molecule has 0 aromatic rings. The van der Waals surface area contributed by atoms with Crippen molar-refractivity contribution in [2.24, 2.45) is 0 Å². The second-order valence-electron chi connectivity index (χ2n) is 4.12. The fourth-order valence-electron chi connectivity index (χ4n) is 0.842. The van der Waals surface area contributed by atoms with Gasteiger partial charge in [0.1, 0.15) is 12.1 Å². The summed E-state index contributed by atoms with van der Waals surface area (Å²) in [6, 6.07) is 0. The molecule has 16 heavy (non-hydrogen) atoms. The number of esters is 1. The lowest BCUT2D eigenvalue weighted by atomic mass is 10.2. The van der Waals surface area contributed by atoms with Crippen molar-refractivity contribution in [2.45, 2.75) is 26.4 Å². The van der Waals surface area contributed by atoms with Crippen molar-refractivity contribution in [1.82, 2.24) is 4.90 Å². The molecule has 0 heterocycles. The molecule has 0 fully saturated rings. The van der Waals surface area contributed by atoms with Crippen LogP contribution in [0.15, 0.2) is 0 Å². The normalized spacial score (nSPS) is 10.2. The van der Waals surface area contributed by atoms with Crippen molar-refractivity contribution in [1.29, 1.82) is 0 Å². The number of hydrogen-bond donors (Lipinski definition) is 0. The average Bonchev–Trinajstić information content (AvgIpc) is 2.14. The van der Waals surface area contributed by atoms with Gasteiger partial charge < -0.3 is 9.47 Å². The van der Waals surface area contributed by atoms with Crippen LogP contribution in [0.25, 0.3) is 0 Å². The van der Waals surface area contributed by atoms with E-state index in [9.17, 15) is 9.59 Å². The van der Waals surface area contributed by atoms with Crippen molar-refractivity contribution >= 4 is 12.1 Å². The Morgan fingerprint density at radius 2 is 1.94 bits per heavy atom. The highest BCUT2D eigenvalue weighted by Crippen LogP contribution is 2.09. The van der Waals surface area contributed by atoms with Crippen molar-refractivity contribution < 1.29 is 19.1 Å². The van der Waals surface area contributed by atoms with Crippen molar-refractivity contribution in [2.75, 3.05) is 20.2 Å². The molecule has 0 aliphatic heterocycles. The fraction of sp³-hybridized carbons (Fsp3) is 0.636.